The van der Waals surface area contributed by atoms with E-state index in [1.165, 1.54) is 0 Å². The topological polar surface area (TPSA) is 102 Å². The minimum absolute atomic E-state index is 0.195. The van der Waals surface area contributed by atoms with Crippen LogP contribution in [0, 0.1) is 18.3 Å². The highest BCUT2D eigenvalue weighted by Crippen LogP contribution is 2.17. The highest BCUT2D eigenvalue weighted by molar-refractivity contribution is 5.63. The molecule has 0 bridgehead atoms. The van der Waals surface area contributed by atoms with Crippen LogP contribution in [0.5, 0.6) is 0 Å². The van der Waals surface area contributed by atoms with E-state index in [9.17, 15) is 0 Å². The molecule has 5 nitrogen and oxygen atoms in total. The van der Waals surface area contributed by atoms with Crippen LogP contribution in [-0.4, -0.2) is 9.97 Å². The number of nitrogens with zero attached hydrogens (tertiary/aromatic N) is 3. The summed E-state index contributed by atoms with van der Waals surface area (Å²) >= 11 is 0. The average molecular weight is 203 g/mol. The monoisotopic (exact) mass is 203 g/mol. The Kier molecular flexibility index (Phi) is 2.90. The third kappa shape index (κ3) is 2.05. The Balaban J connectivity index is 3.41. The van der Waals surface area contributed by atoms with E-state index in [1.54, 1.807) is 13.8 Å². The molecule has 0 saturated heterocycles. The van der Waals surface area contributed by atoms with E-state index in [2.05, 4.69) is 9.97 Å². The number of allylic oxidation sites excluding steroid dienone is 2. The Labute approximate surface area is 88.4 Å². The van der Waals surface area contributed by atoms with Gasteiger partial charge in [-0.2, -0.15) is 5.26 Å². The Hall–Kier alpha value is -2.09. The van der Waals surface area contributed by atoms with E-state index in [4.69, 9.17) is 16.7 Å². The summed E-state index contributed by atoms with van der Waals surface area (Å²) in [5.41, 5.74) is 13.6. The Morgan fingerprint density at radius 3 is 2.33 bits per heavy atom. The van der Waals surface area contributed by atoms with Gasteiger partial charge in [0.2, 0.25) is 0 Å². The van der Waals surface area contributed by atoms with Crippen molar-refractivity contribution < 1.29 is 0 Å². The lowest BCUT2D eigenvalue weighted by molar-refractivity contribution is 1.05. The lowest BCUT2D eigenvalue weighted by Gasteiger charge is -2.06. The van der Waals surface area contributed by atoms with Crippen LogP contribution in [0.25, 0.3) is 5.57 Å². The van der Waals surface area contributed by atoms with Crippen LogP contribution in [0.1, 0.15) is 30.9 Å². The van der Waals surface area contributed by atoms with Crippen molar-refractivity contribution in [1.29, 1.82) is 5.26 Å². The number of aryl methyl sites for hydroxylation is 1. The van der Waals surface area contributed by atoms with Gasteiger partial charge in [-0.05, 0) is 20.8 Å². The summed E-state index contributed by atoms with van der Waals surface area (Å²) < 4.78 is 0. The molecule has 1 heterocycles. The zero-order valence-electron chi connectivity index (χ0n) is 9.00. The molecule has 0 fully saturated rings. The molecule has 0 saturated carbocycles. The van der Waals surface area contributed by atoms with Gasteiger partial charge in [0.25, 0.3) is 0 Å². The summed E-state index contributed by atoms with van der Waals surface area (Å²) in [5.74, 6) is 0.671. The first kappa shape index (κ1) is 11.0. The number of nitrogen functional groups attached to an aromatic ring is 1. The number of hydrogen-bond acceptors (Lipinski definition) is 5. The third-order valence-corrected chi connectivity index (χ3v) is 2.16. The van der Waals surface area contributed by atoms with E-state index in [1.807, 2.05) is 13.0 Å². The second kappa shape index (κ2) is 3.96. The van der Waals surface area contributed by atoms with E-state index in [0.717, 1.165) is 5.57 Å². The van der Waals surface area contributed by atoms with Gasteiger partial charge in [-0.15, -0.1) is 0 Å². The largest absolute Gasteiger partial charge is 0.402 e. The van der Waals surface area contributed by atoms with Crippen LogP contribution in [-0.2, 0) is 0 Å². The van der Waals surface area contributed by atoms with Crippen molar-refractivity contribution in [2.45, 2.75) is 20.8 Å². The summed E-state index contributed by atoms with van der Waals surface area (Å²) in [6.45, 7) is 5.30. The van der Waals surface area contributed by atoms with Gasteiger partial charge in [-0.1, -0.05) is 0 Å². The molecule has 0 atom stereocenters. The summed E-state index contributed by atoms with van der Waals surface area (Å²) in [6, 6.07) is 1.96. The van der Waals surface area contributed by atoms with Gasteiger partial charge in [0, 0.05) is 11.3 Å². The summed E-state index contributed by atoms with van der Waals surface area (Å²) in [7, 11) is 0. The molecule has 1 aromatic rings. The summed E-state index contributed by atoms with van der Waals surface area (Å²) in [4.78, 5) is 8.21. The van der Waals surface area contributed by atoms with E-state index >= 15 is 0 Å². The van der Waals surface area contributed by atoms with Gasteiger partial charge in [0.15, 0.2) is 5.82 Å². The second-order valence-corrected chi connectivity index (χ2v) is 3.31. The molecule has 4 N–H and O–H groups in total. The zero-order valence-corrected chi connectivity index (χ0v) is 9.00. The first-order chi connectivity index (χ1) is 6.97. The normalized spacial score (nSPS) is 11.9. The van der Waals surface area contributed by atoms with E-state index < -0.39 is 0 Å². The molecule has 15 heavy (non-hydrogen) atoms. The molecule has 1 rings (SSSR count). The minimum atomic E-state index is 0.195. The van der Waals surface area contributed by atoms with Crippen molar-refractivity contribution in [3.05, 3.63) is 22.8 Å². The zero-order chi connectivity index (χ0) is 11.6. The number of aromatic nitrogens is 2. The Bertz CT molecular complexity index is 440. The molecule has 0 unspecified atom stereocenters. The summed E-state index contributed by atoms with van der Waals surface area (Å²) in [5, 5.41) is 8.79. The van der Waals surface area contributed by atoms with Gasteiger partial charge in [-0.25, -0.2) is 9.97 Å². The average Bonchev–Trinajstić information content (AvgIpc) is 2.15. The maximum atomic E-state index is 8.79. The molecule has 0 aliphatic rings. The minimum Gasteiger partial charge on any atom is -0.402 e. The predicted molar refractivity (Wildman–Crippen MR) is 58.4 cm³/mol. The van der Waals surface area contributed by atoms with Gasteiger partial charge in [-0.3, -0.25) is 0 Å². The van der Waals surface area contributed by atoms with Crippen LogP contribution < -0.4 is 11.5 Å². The quantitative estimate of drug-likeness (QED) is 0.707. The predicted octanol–water partition coefficient (Wildman–Crippen LogP) is 0.949. The van der Waals surface area contributed by atoms with Gasteiger partial charge >= 0.3 is 0 Å². The lowest BCUT2D eigenvalue weighted by atomic mass is 10.2. The molecule has 0 aromatic carbocycles. The van der Waals surface area contributed by atoms with Gasteiger partial charge in [0.1, 0.15) is 17.5 Å². The molecule has 0 amide bonds. The molecule has 5 heteroatoms. The van der Waals surface area contributed by atoms with Gasteiger partial charge < -0.3 is 11.5 Å². The van der Waals surface area contributed by atoms with Crippen molar-refractivity contribution >= 4 is 11.4 Å². The third-order valence-electron chi connectivity index (χ3n) is 2.16. The molecule has 78 valence electrons. The molecular weight excluding hydrogens is 190 g/mol. The number of nitrogens with two attached hydrogens (primary N) is 2. The maximum Gasteiger partial charge on any atom is 0.159 e. The van der Waals surface area contributed by atoms with Crippen molar-refractivity contribution in [3.8, 4) is 6.07 Å². The van der Waals surface area contributed by atoms with Crippen molar-refractivity contribution in [3.63, 3.8) is 0 Å². The Morgan fingerprint density at radius 2 is 1.93 bits per heavy atom. The van der Waals surface area contributed by atoms with Crippen LogP contribution in [0.2, 0.25) is 0 Å². The SMILES string of the molecule is CC(N)=C(C)c1nc(C)c(C#N)c(N)n1. The standard InChI is InChI=1S/C10H13N5/c1-5(6(2)12)10-14-7(3)8(4-11)9(13)15-10/h12H2,1-3H3,(H2,13,14,15). The summed E-state index contributed by atoms with van der Waals surface area (Å²) in [6.07, 6.45) is 0. The molecule has 1 aromatic heterocycles. The number of nitriles is 1. The molecule has 0 radical (unpaired) electrons. The first-order valence-corrected chi connectivity index (χ1v) is 4.45. The smallest absolute Gasteiger partial charge is 0.159 e. The molecule has 0 spiro atoms. The number of hydrogen-bond donors (Lipinski definition) is 2. The first-order valence-electron chi connectivity index (χ1n) is 4.45. The number of anilines is 1. The fourth-order valence-corrected chi connectivity index (χ4v) is 1.08. The highest BCUT2D eigenvalue weighted by atomic mass is 15.0. The fourth-order valence-electron chi connectivity index (χ4n) is 1.08. The fraction of sp³-hybridized carbons (Fsp3) is 0.300. The van der Waals surface area contributed by atoms with E-state index in [0.29, 0.717) is 22.8 Å². The van der Waals surface area contributed by atoms with Crippen LogP contribution in [0.4, 0.5) is 5.82 Å². The van der Waals surface area contributed by atoms with Crippen molar-refractivity contribution in [2.75, 3.05) is 5.73 Å². The van der Waals surface area contributed by atoms with Gasteiger partial charge in [0.05, 0.1) is 5.69 Å². The van der Waals surface area contributed by atoms with Crippen LogP contribution >= 0.6 is 0 Å². The molecule has 0 aliphatic heterocycles. The van der Waals surface area contributed by atoms with E-state index in [-0.39, 0.29) is 5.82 Å². The molecule has 0 aliphatic carbocycles. The maximum absolute atomic E-state index is 8.79. The number of rotatable bonds is 1. The lowest BCUT2D eigenvalue weighted by Crippen LogP contribution is -2.06. The highest BCUT2D eigenvalue weighted by Gasteiger charge is 2.10. The van der Waals surface area contributed by atoms with Crippen molar-refractivity contribution in [1.82, 2.24) is 9.97 Å². The Morgan fingerprint density at radius 1 is 1.33 bits per heavy atom. The van der Waals surface area contributed by atoms with Crippen LogP contribution in [0.3, 0.4) is 0 Å². The molecular formula is C10H13N5. The second-order valence-electron chi connectivity index (χ2n) is 3.31. The van der Waals surface area contributed by atoms with Crippen LogP contribution in [0.15, 0.2) is 5.70 Å². The van der Waals surface area contributed by atoms with Crippen molar-refractivity contribution in [2.24, 2.45) is 5.73 Å².